The molecule has 1 heterocycles. The second-order valence-corrected chi connectivity index (χ2v) is 21.3. The summed E-state index contributed by atoms with van der Waals surface area (Å²) in [5.41, 5.74) is 2.33. The molecule has 0 amide bonds. The summed E-state index contributed by atoms with van der Waals surface area (Å²) in [6.45, 7) is 17.8. The van der Waals surface area contributed by atoms with Gasteiger partial charge in [-0.3, -0.25) is 4.79 Å². The van der Waals surface area contributed by atoms with Gasteiger partial charge in [-0.1, -0.05) is 48.0 Å². The molecule has 0 radical (unpaired) electrons. The van der Waals surface area contributed by atoms with E-state index < -0.39 is 0 Å². The monoisotopic (exact) mass is 634 g/mol. The van der Waals surface area contributed by atoms with E-state index >= 15 is 0 Å². The van der Waals surface area contributed by atoms with Crippen molar-refractivity contribution in [2.45, 2.75) is 176 Å². The van der Waals surface area contributed by atoms with Crippen LogP contribution in [0.1, 0.15) is 158 Å². The van der Waals surface area contributed by atoms with E-state index in [1.807, 2.05) is 0 Å². The number of carbonyl (C=O) groups excluding carboxylic acids is 1. The van der Waals surface area contributed by atoms with Gasteiger partial charge in [0.05, 0.1) is 12.2 Å². The van der Waals surface area contributed by atoms with E-state index in [0.29, 0.717) is 44.8 Å². The predicted molar refractivity (Wildman–Crippen MR) is 181 cm³/mol. The highest BCUT2D eigenvalue weighted by atomic mass is 16.7. The summed E-state index contributed by atoms with van der Waals surface area (Å²) in [4.78, 5) is 12.0. The maximum Gasteiger partial charge on any atom is 0.302 e. The van der Waals surface area contributed by atoms with Gasteiger partial charge in [-0.2, -0.15) is 0 Å². The third-order valence-corrected chi connectivity index (χ3v) is 18.8. The Morgan fingerprint density at radius 2 is 1.41 bits per heavy atom. The highest BCUT2D eigenvalue weighted by Gasteiger charge is 2.71. The zero-order valence-electron chi connectivity index (χ0n) is 30.6. The first-order valence-electron chi connectivity index (χ1n) is 20.1. The van der Waals surface area contributed by atoms with Crippen molar-refractivity contribution in [3.05, 3.63) is 0 Å². The van der Waals surface area contributed by atoms with Crippen LogP contribution in [0.15, 0.2) is 0 Å². The summed E-state index contributed by atoms with van der Waals surface area (Å²) in [6, 6.07) is 0. The molecular formula is C42H66O4. The van der Waals surface area contributed by atoms with Crippen molar-refractivity contribution in [2.75, 3.05) is 6.61 Å². The van der Waals surface area contributed by atoms with E-state index in [1.165, 1.54) is 103 Å². The van der Waals surface area contributed by atoms with E-state index in [-0.39, 0.29) is 29.4 Å². The average Bonchev–Trinajstić information content (AvgIpc) is 3.58. The van der Waals surface area contributed by atoms with Crippen LogP contribution in [0.2, 0.25) is 0 Å². The lowest BCUT2D eigenvalue weighted by molar-refractivity contribution is -0.197. The van der Waals surface area contributed by atoms with Crippen molar-refractivity contribution in [3.8, 4) is 0 Å². The molecule has 8 aliphatic carbocycles. The SMILES string of the molecule is CC(=O)O[C@@H]1CC[C@]2(C)[C@H](CC[C@@]34C[C@@H](CC[C@H]32)[C@@]2(CO[C@H]([C@@H]3C[C@@]56CC[C@@H]7C(C)(C)CCC[C@@]7(C)[C@@H]5CC[C@@H]3C6)O2)C4)C1(C)C. The number of ether oxygens (including phenoxy) is 3. The summed E-state index contributed by atoms with van der Waals surface area (Å²) in [7, 11) is 0. The maximum atomic E-state index is 12.0. The van der Waals surface area contributed by atoms with Gasteiger partial charge in [0.15, 0.2) is 6.29 Å². The summed E-state index contributed by atoms with van der Waals surface area (Å²) in [5.74, 6) is 5.18. The van der Waals surface area contributed by atoms with Crippen molar-refractivity contribution in [1.29, 1.82) is 0 Å². The fourth-order valence-electron chi connectivity index (χ4n) is 17.4. The van der Waals surface area contributed by atoms with Crippen LogP contribution in [0.25, 0.3) is 0 Å². The first-order chi connectivity index (χ1) is 21.7. The molecule has 46 heavy (non-hydrogen) atoms. The third-order valence-electron chi connectivity index (χ3n) is 18.8. The van der Waals surface area contributed by atoms with Crippen molar-refractivity contribution in [3.63, 3.8) is 0 Å². The van der Waals surface area contributed by atoms with E-state index in [4.69, 9.17) is 14.2 Å². The summed E-state index contributed by atoms with van der Waals surface area (Å²) >= 11 is 0. The lowest BCUT2D eigenvalue weighted by atomic mass is 9.41. The van der Waals surface area contributed by atoms with Crippen molar-refractivity contribution < 1.29 is 19.0 Å². The Morgan fingerprint density at radius 1 is 0.696 bits per heavy atom. The Balaban J connectivity index is 0.933. The highest BCUT2D eigenvalue weighted by molar-refractivity contribution is 5.66. The first-order valence-corrected chi connectivity index (χ1v) is 20.1. The van der Waals surface area contributed by atoms with E-state index in [1.54, 1.807) is 6.92 Å². The van der Waals surface area contributed by atoms with E-state index in [0.717, 1.165) is 36.7 Å². The molecule has 0 aromatic heterocycles. The van der Waals surface area contributed by atoms with Gasteiger partial charge in [0.1, 0.15) is 6.10 Å². The highest BCUT2D eigenvalue weighted by Crippen LogP contribution is 2.76. The van der Waals surface area contributed by atoms with Gasteiger partial charge in [-0.25, -0.2) is 0 Å². The van der Waals surface area contributed by atoms with Crippen LogP contribution in [0.4, 0.5) is 0 Å². The van der Waals surface area contributed by atoms with Crippen LogP contribution in [0.3, 0.4) is 0 Å². The predicted octanol–water partition coefficient (Wildman–Crippen LogP) is 10.1. The smallest absolute Gasteiger partial charge is 0.302 e. The molecule has 14 atom stereocenters. The maximum absolute atomic E-state index is 12.0. The van der Waals surface area contributed by atoms with Crippen molar-refractivity contribution in [1.82, 2.24) is 0 Å². The first kappa shape index (κ1) is 31.4. The molecule has 4 bridgehead atoms. The van der Waals surface area contributed by atoms with Gasteiger partial charge in [0, 0.05) is 18.3 Å². The van der Waals surface area contributed by atoms with Crippen LogP contribution < -0.4 is 0 Å². The normalized spacial score (nSPS) is 57.7. The minimum atomic E-state index is -0.110. The minimum absolute atomic E-state index is 0.0344. The Kier molecular flexibility index (Phi) is 6.68. The molecule has 258 valence electrons. The number of esters is 1. The molecule has 0 N–H and O–H groups in total. The molecular weight excluding hydrogens is 568 g/mol. The molecule has 0 aromatic carbocycles. The standard InChI is InChI=1S/C42H66O4/c1-26(43)45-34-15-18-39(7)31(37(34,4)5)14-20-41-22-28(10-12-33(39)41)42(24-41)25-44-35(46-42)29-23-40-19-13-30-36(2,3)16-8-17-38(30,6)32(40)11-9-27(29)21-40/h27-35H,8-25H2,1-7H3/t27-,28-,29-,30-,31-,32+,33+,34-,35+,38-,39-,40+,41+,42+/m1/s1. The van der Waals surface area contributed by atoms with E-state index in [9.17, 15) is 4.79 Å². The molecule has 9 fully saturated rings. The fraction of sp³-hybridized carbons (Fsp3) is 0.976. The molecule has 4 heteroatoms. The average molecular weight is 635 g/mol. The van der Waals surface area contributed by atoms with Crippen molar-refractivity contribution >= 4 is 5.97 Å². The van der Waals surface area contributed by atoms with Gasteiger partial charge in [-0.15, -0.1) is 0 Å². The van der Waals surface area contributed by atoms with Gasteiger partial charge < -0.3 is 14.2 Å². The number of rotatable bonds is 2. The molecule has 9 rings (SSSR count). The Bertz CT molecular complexity index is 1270. The van der Waals surface area contributed by atoms with Crippen LogP contribution in [0, 0.1) is 73.9 Å². The van der Waals surface area contributed by atoms with Gasteiger partial charge in [0.2, 0.25) is 0 Å². The second-order valence-electron chi connectivity index (χ2n) is 21.3. The largest absolute Gasteiger partial charge is 0.462 e. The Labute approximate surface area is 280 Å². The van der Waals surface area contributed by atoms with Crippen molar-refractivity contribution in [2.24, 2.45) is 73.9 Å². The number of hydrogen-bond acceptors (Lipinski definition) is 4. The molecule has 8 saturated carbocycles. The minimum Gasteiger partial charge on any atom is -0.462 e. The summed E-state index contributed by atoms with van der Waals surface area (Å²) in [6.07, 6.45) is 23.2. The van der Waals surface area contributed by atoms with Crippen LogP contribution >= 0.6 is 0 Å². The van der Waals surface area contributed by atoms with Gasteiger partial charge in [-0.05, 0) is 165 Å². The second kappa shape index (κ2) is 9.79. The van der Waals surface area contributed by atoms with E-state index in [2.05, 4.69) is 41.5 Å². The zero-order chi connectivity index (χ0) is 32.1. The number of carbonyl (C=O) groups is 1. The molecule has 1 saturated heterocycles. The zero-order valence-corrected chi connectivity index (χ0v) is 30.6. The van der Waals surface area contributed by atoms with Crippen LogP contribution in [0.5, 0.6) is 0 Å². The molecule has 3 spiro atoms. The third kappa shape index (κ3) is 4.01. The molecule has 0 aromatic rings. The summed E-state index contributed by atoms with van der Waals surface area (Å²) in [5, 5.41) is 0. The molecule has 1 aliphatic heterocycles. The van der Waals surface area contributed by atoms with Crippen LogP contribution in [-0.4, -0.2) is 30.6 Å². The lowest BCUT2D eigenvalue weighted by Crippen LogP contribution is -2.59. The Morgan fingerprint density at radius 3 is 2.22 bits per heavy atom. The molecule has 9 aliphatic rings. The lowest BCUT2D eigenvalue weighted by Gasteiger charge is -2.65. The number of fused-ring (bicyclic) bond motifs is 7. The quantitative estimate of drug-likeness (QED) is 0.284. The fourth-order valence-corrected chi connectivity index (χ4v) is 17.4. The van der Waals surface area contributed by atoms with Gasteiger partial charge >= 0.3 is 5.97 Å². The number of hydrogen-bond donors (Lipinski definition) is 0. The van der Waals surface area contributed by atoms with Gasteiger partial charge in [0.25, 0.3) is 0 Å². The molecule has 4 nitrogen and oxygen atoms in total. The molecule has 0 unspecified atom stereocenters. The Hall–Kier alpha value is -0.610. The summed E-state index contributed by atoms with van der Waals surface area (Å²) < 4.78 is 20.4. The van der Waals surface area contributed by atoms with Crippen LogP contribution in [-0.2, 0) is 19.0 Å². The topological polar surface area (TPSA) is 44.8 Å².